The van der Waals surface area contributed by atoms with Crippen LogP contribution in [0.4, 0.5) is 0 Å². The van der Waals surface area contributed by atoms with Gasteiger partial charge in [-0.05, 0) is 43.4 Å². The van der Waals surface area contributed by atoms with Gasteiger partial charge in [0.1, 0.15) is 5.65 Å². The molecule has 2 aromatic heterocycles. The minimum atomic E-state index is -0.450. The van der Waals surface area contributed by atoms with Crippen molar-refractivity contribution >= 4 is 28.7 Å². The lowest BCUT2D eigenvalue weighted by atomic mass is 10.0. The number of aromatic amines is 1. The second kappa shape index (κ2) is 7.63. The highest BCUT2D eigenvalue weighted by Gasteiger charge is 2.27. The van der Waals surface area contributed by atoms with Crippen molar-refractivity contribution in [2.24, 2.45) is 0 Å². The van der Waals surface area contributed by atoms with E-state index in [9.17, 15) is 14.4 Å². The molecule has 3 aromatic rings. The third-order valence-corrected chi connectivity index (χ3v) is 5.95. The number of benzene rings is 1. The molecule has 0 unspecified atom stereocenters. The van der Waals surface area contributed by atoms with Crippen LogP contribution in [0.15, 0.2) is 57.1 Å². The first-order valence-corrected chi connectivity index (χ1v) is 10.3. The fourth-order valence-electron chi connectivity index (χ4n) is 3.71. The van der Waals surface area contributed by atoms with Crippen molar-refractivity contribution < 1.29 is 4.79 Å². The van der Waals surface area contributed by atoms with Gasteiger partial charge in [0.2, 0.25) is 0 Å². The summed E-state index contributed by atoms with van der Waals surface area (Å²) < 4.78 is 1.28. The van der Waals surface area contributed by atoms with E-state index in [1.165, 1.54) is 4.57 Å². The Morgan fingerprint density at radius 1 is 1.14 bits per heavy atom. The maximum atomic E-state index is 12.9. The molecule has 28 heavy (non-hydrogen) atoms. The molecule has 1 aromatic carbocycles. The molecule has 0 radical (unpaired) electrons. The number of rotatable bonds is 3. The summed E-state index contributed by atoms with van der Waals surface area (Å²) in [5, 5.41) is 0.398. The third kappa shape index (κ3) is 3.24. The Bertz CT molecular complexity index is 1150. The summed E-state index contributed by atoms with van der Waals surface area (Å²) in [6.07, 6.45) is 4.61. The van der Waals surface area contributed by atoms with E-state index in [-0.39, 0.29) is 17.5 Å². The van der Waals surface area contributed by atoms with Crippen LogP contribution in [0.1, 0.15) is 29.2 Å². The predicted octanol–water partition coefficient (Wildman–Crippen LogP) is 2.28. The molecule has 3 heterocycles. The van der Waals surface area contributed by atoms with E-state index in [0.717, 1.165) is 4.90 Å². The maximum Gasteiger partial charge on any atom is 0.330 e. The molecule has 1 aliphatic heterocycles. The Labute approximate surface area is 165 Å². The number of nitrogens with one attached hydrogen (secondary N) is 1. The molecule has 1 saturated heterocycles. The van der Waals surface area contributed by atoms with Crippen LogP contribution < -0.4 is 11.2 Å². The Morgan fingerprint density at radius 3 is 2.64 bits per heavy atom. The molecule has 0 aliphatic carbocycles. The van der Waals surface area contributed by atoms with E-state index >= 15 is 0 Å². The largest absolute Gasteiger partial charge is 0.338 e. The first-order chi connectivity index (χ1) is 13.6. The van der Waals surface area contributed by atoms with Crippen LogP contribution in [0, 0.1) is 0 Å². The first-order valence-electron chi connectivity index (χ1n) is 9.12. The smallest absolute Gasteiger partial charge is 0.330 e. The molecule has 4 rings (SSSR count). The van der Waals surface area contributed by atoms with Crippen molar-refractivity contribution in [3.8, 4) is 0 Å². The van der Waals surface area contributed by atoms with Crippen LogP contribution in [0.5, 0.6) is 0 Å². The lowest BCUT2D eigenvalue weighted by Crippen LogP contribution is -2.45. The lowest BCUT2D eigenvalue weighted by Gasteiger charge is -2.32. The minimum absolute atomic E-state index is 0.00707. The predicted molar refractivity (Wildman–Crippen MR) is 109 cm³/mol. The Hall–Kier alpha value is -2.87. The fourth-order valence-corrected chi connectivity index (χ4v) is 4.30. The van der Waals surface area contributed by atoms with Gasteiger partial charge in [-0.3, -0.25) is 19.1 Å². The molecule has 8 heteroatoms. The Morgan fingerprint density at radius 2 is 1.89 bits per heavy atom. The van der Waals surface area contributed by atoms with Gasteiger partial charge in [-0.1, -0.05) is 12.1 Å². The number of fused-ring (bicyclic) bond motifs is 1. The van der Waals surface area contributed by atoms with Crippen molar-refractivity contribution in [3.63, 3.8) is 0 Å². The number of H-pyrrole nitrogens is 1. The van der Waals surface area contributed by atoms with Gasteiger partial charge in [0, 0.05) is 30.2 Å². The summed E-state index contributed by atoms with van der Waals surface area (Å²) in [4.78, 5) is 47.6. The van der Waals surface area contributed by atoms with Gasteiger partial charge in [0.15, 0.2) is 0 Å². The number of amides is 1. The molecule has 1 fully saturated rings. The minimum Gasteiger partial charge on any atom is -0.338 e. The van der Waals surface area contributed by atoms with Crippen molar-refractivity contribution in [2.75, 3.05) is 19.3 Å². The summed E-state index contributed by atoms with van der Waals surface area (Å²) >= 11 is 1.55. The van der Waals surface area contributed by atoms with Gasteiger partial charge >= 0.3 is 5.69 Å². The zero-order valence-electron chi connectivity index (χ0n) is 15.4. The molecule has 0 bridgehead atoms. The summed E-state index contributed by atoms with van der Waals surface area (Å²) in [6.45, 7) is 1.01. The highest BCUT2D eigenvalue weighted by atomic mass is 32.2. The zero-order valence-corrected chi connectivity index (χ0v) is 16.2. The normalized spacial score (nSPS) is 15.1. The van der Waals surface area contributed by atoms with E-state index in [2.05, 4.69) is 9.97 Å². The van der Waals surface area contributed by atoms with E-state index < -0.39 is 5.69 Å². The number of nitrogens with zero attached hydrogens (tertiary/aromatic N) is 3. The van der Waals surface area contributed by atoms with Crippen molar-refractivity contribution in [3.05, 3.63) is 69.0 Å². The molecule has 0 atom stereocenters. The first kappa shape index (κ1) is 18.5. The molecule has 1 N–H and O–H groups in total. The molecular formula is C20H20N4O3S. The number of thioether (sulfide) groups is 1. The van der Waals surface area contributed by atoms with E-state index in [1.807, 2.05) is 30.5 Å². The Kier molecular flexibility index (Phi) is 5.04. The van der Waals surface area contributed by atoms with Crippen molar-refractivity contribution in [1.82, 2.24) is 19.4 Å². The van der Waals surface area contributed by atoms with Crippen LogP contribution in [0.3, 0.4) is 0 Å². The second-order valence-corrected chi connectivity index (χ2v) is 7.58. The van der Waals surface area contributed by atoms with E-state index in [4.69, 9.17) is 0 Å². The molecule has 144 valence electrons. The van der Waals surface area contributed by atoms with Crippen molar-refractivity contribution in [1.29, 1.82) is 0 Å². The average molecular weight is 396 g/mol. The summed E-state index contributed by atoms with van der Waals surface area (Å²) in [6, 6.07) is 10.7. The van der Waals surface area contributed by atoms with Crippen LogP contribution >= 0.6 is 11.8 Å². The summed E-state index contributed by atoms with van der Waals surface area (Å²) in [5.74, 6) is -0.00707. The molecule has 0 saturated carbocycles. The number of carbonyl (C=O) groups is 1. The van der Waals surface area contributed by atoms with Gasteiger partial charge in [-0.25, -0.2) is 9.78 Å². The third-order valence-electron chi connectivity index (χ3n) is 5.16. The van der Waals surface area contributed by atoms with Gasteiger partial charge < -0.3 is 4.90 Å². The summed E-state index contributed by atoms with van der Waals surface area (Å²) in [7, 11) is 0. The Balaban J connectivity index is 1.57. The lowest BCUT2D eigenvalue weighted by molar-refractivity contribution is 0.0688. The number of piperidine rings is 1. The van der Waals surface area contributed by atoms with E-state index in [1.54, 1.807) is 35.0 Å². The highest BCUT2D eigenvalue weighted by molar-refractivity contribution is 7.98. The number of likely N-dealkylation sites (tertiary alicyclic amines) is 1. The number of aromatic nitrogens is 3. The molecular weight excluding hydrogens is 376 g/mol. The van der Waals surface area contributed by atoms with E-state index in [0.29, 0.717) is 42.5 Å². The molecule has 1 aliphatic rings. The van der Waals surface area contributed by atoms with Crippen molar-refractivity contribution in [2.45, 2.75) is 23.8 Å². The quantitative estimate of drug-likeness (QED) is 0.686. The van der Waals surface area contributed by atoms with Crippen LogP contribution in [-0.4, -0.2) is 44.7 Å². The topological polar surface area (TPSA) is 88.1 Å². The van der Waals surface area contributed by atoms with Gasteiger partial charge in [-0.2, -0.15) is 0 Å². The highest BCUT2D eigenvalue weighted by Crippen LogP contribution is 2.25. The van der Waals surface area contributed by atoms with Crippen LogP contribution in [0.25, 0.3) is 11.0 Å². The molecule has 0 spiro atoms. The van der Waals surface area contributed by atoms with Gasteiger partial charge in [0.05, 0.1) is 10.9 Å². The monoisotopic (exact) mass is 396 g/mol. The van der Waals surface area contributed by atoms with Gasteiger partial charge in [-0.15, -0.1) is 11.8 Å². The van der Waals surface area contributed by atoms with Crippen LogP contribution in [0.2, 0.25) is 0 Å². The zero-order chi connectivity index (χ0) is 19.7. The fraction of sp³-hybridized carbons (Fsp3) is 0.300. The number of hydrogen-bond acceptors (Lipinski definition) is 5. The SMILES string of the molecule is CSc1ccccc1C(=O)N1CCC(n2c(=O)[nH]c3ncccc3c2=O)CC1. The number of hydrogen-bond donors (Lipinski definition) is 1. The second-order valence-electron chi connectivity index (χ2n) is 6.73. The average Bonchev–Trinajstić information content (AvgIpc) is 2.73. The standard InChI is InChI=1S/C20H20N4O3S/c1-28-16-7-3-2-5-14(16)18(25)23-11-8-13(9-12-23)24-19(26)15-6-4-10-21-17(15)22-20(24)27/h2-7,10,13H,8-9,11-12H2,1H3,(H,21,22,27). The molecule has 1 amide bonds. The number of pyridine rings is 1. The van der Waals surface area contributed by atoms with Crippen LogP contribution in [-0.2, 0) is 0 Å². The van der Waals surface area contributed by atoms with Gasteiger partial charge in [0.25, 0.3) is 11.5 Å². The molecule has 7 nitrogen and oxygen atoms in total. The maximum absolute atomic E-state index is 12.9. The number of carbonyl (C=O) groups excluding carboxylic acids is 1. The summed E-state index contributed by atoms with van der Waals surface area (Å²) in [5.41, 5.74) is 0.216.